The molecule has 0 spiro atoms. The van der Waals surface area contributed by atoms with Crippen molar-refractivity contribution in [3.63, 3.8) is 0 Å². The molecular formula is C14H22N2O4S. The number of nitrogens with one attached hydrogen (secondary N) is 2. The van der Waals surface area contributed by atoms with Crippen LogP contribution in [-0.2, 0) is 14.8 Å². The highest BCUT2D eigenvalue weighted by molar-refractivity contribution is 7.89. The van der Waals surface area contributed by atoms with Gasteiger partial charge in [0.2, 0.25) is 15.9 Å². The smallest absolute Gasteiger partial charge is 0.241 e. The Morgan fingerprint density at radius 3 is 2.14 bits per heavy atom. The highest BCUT2D eigenvalue weighted by Crippen LogP contribution is 2.15. The summed E-state index contributed by atoms with van der Waals surface area (Å²) in [7, 11) is -2.25. The molecule has 0 heterocycles. The van der Waals surface area contributed by atoms with Gasteiger partial charge in [-0.25, -0.2) is 8.42 Å². The van der Waals surface area contributed by atoms with Crippen LogP contribution < -0.4 is 14.8 Å². The Balaban J connectivity index is 2.81. The van der Waals surface area contributed by atoms with E-state index in [0.717, 1.165) is 0 Å². The molecule has 0 fully saturated rings. The SMILES string of the molecule is COc1ccc(S(=O)(=O)NC(C)C(=O)NC(C)(C)C)cc1. The molecule has 118 valence electrons. The average molecular weight is 314 g/mol. The summed E-state index contributed by atoms with van der Waals surface area (Å²) in [5, 5.41) is 2.73. The first kappa shape index (κ1) is 17.5. The molecular weight excluding hydrogens is 292 g/mol. The van der Waals surface area contributed by atoms with Gasteiger partial charge in [-0.15, -0.1) is 0 Å². The standard InChI is InChI=1S/C14H22N2O4S/c1-10(13(17)15-14(2,3)4)16-21(18,19)12-8-6-11(20-5)7-9-12/h6-10,16H,1-5H3,(H,15,17). The molecule has 21 heavy (non-hydrogen) atoms. The minimum absolute atomic E-state index is 0.0821. The zero-order valence-corrected chi connectivity index (χ0v) is 13.7. The Labute approximate surface area is 125 Å². The predicted octanol–water partition coefficient (Wildman–Crippen LogP) is 1.28. The van der Waals surface area contributed by atoms with Crippen molar-refractivity contribution in [3.8, 4) is 5.75 Å². The summed E-state index contributed by atoms with van der Waals surface area (Å²) < 4.78 is 31.7. The summed E-state index contributed by atoms with van der Waals surface area (Å²) >= 11 is 0. The highest BCUT2D eigenvalue weighted by atomic mass is 32.2. The molecule has 1 aromatic rings. The third kappa shape index (κ3) is 5.35. The lowest BCUT2D eigenvalue weighted by atomic mass is 10.1. The molecule has 1 atom stereocenters. The van der Waals surface area contributed by atoms with E-state index in [1.54, 1.807) is 12.1 Å². The van der Waals surface area contributed by atoms with Crippen molar-refractivity contribution >= 4 is 15.9 Å². The van der Waals surface area contributed by atoms with Gasteiger partial charge in [0.1, 0.15) is 5.75 Å². The van der Waals surface area contributed by atoms with Crippen LogP contribution in [0.1, 0.15) is 27.7 Å². The van der Waals surface area contributed by atoms with Crippen molar-refractivity contribution in [3.05, 3.63) is 24.3 Å². The number of sulfonamides is 1. The van der Waals surface area contributed by atoms with Gasteiger partial charge in [-0.3, -0.25) is 4.79 Å². The van der Waals surface area contributed by atoms with Crippen LogP contribution >= 0.6 is 0 Å². The zero-order valence-electron chi connectivity index (χ0n) is 12.9. The Morgan fingerprint density at radius 1 is 1.19 bits per heavy atom. The second kappa shape index (κ2) is 6.44. The third-order valence-corrected chi connectivity index (χ3v) is 4.15. The lowest BCUT2D eigenvalue weighted by Crippen LogP contribution is -2.50. The van der Waals surface area contributed by atoms with Crippen LogP contribution in [-0.4, -0.2) is 33.0 Å². The summed E-state index contributed by atoms with van der Waals surface area (Å²) in [4.78, 5) is 12.0. The van der Waals surface area contributed by atoms with Gasteiger partial charge < -0.3 is 10.1 Å². The summed E-state index contributed by atoms with van der Waals surface area (Å²) in [5.74, 6) is 0.187. The van der Waals surface area contributed by atoms with Crippen molar-refractivity contribution in [2.24, 2.45) is 0 Å². The fourth-order valence-electron chi connectivity index (χ4n) is 1.59. The largest absolute Gasteiger partial charge is 0.497 e. The maximum absolute atomic E-state index is 12.2. The van der Waals surface area contributed by atoms with Gasteiger partial charge in [0, 0.05) is 5.54 Å². The van der Waals surface area contributed by atoms with Crippen molar-refractivity contribution < 1.29 is 17.9 Å². The van der Waals surface area contributed by atoms with E-state index in [-0.39, 0.29) is 10.8 Å². The number of hydrogen-bond acceptors (Lipinski definition) is 4. The number of amides is 1. The van der Waals surface area contributed by atoms with E-state index < -0.39 is 21.6 Å². The normalized spacial score (nSPS) is 13.6. The van der Waals surface area contributed by atoms with Crippen molar-refractivity contribution in [2.75, 3.05) is 7.11 Å². The Bertz CT molecular complexity index is 588. The molecule has 0 aliphatic carbocycles. The maximum Gasteiger partial charge on any atom is 0.241 e. The zero-order chi connectivity index (χ0) is 16.3. The van der Waals surface area contributed by atoms with Gasteiger partial charge in [-0.05, 0) is 52.0 Å². The van der Waals surface area contributed by atoms with Crippen LogP contribution in [0.25, 0.3) is 0 Å². The van der Waals surface area contributed by atoms with Gasteiger partial charge in [0.15, 0.2) is 0 Å². The predicted molar refractivity (Wildman–Crippen MR) is 80.7 cm³/mol. The lowest BCUT2D eigenvalue weighted by Gasteiger charge is -2.23. The molecule has 1 rings (SSSR count). The molecule has 0 radical (unpaired) electrons. The number of hydrogen-bond donors (Lipinski definition) is 2. The number of rotatable bonds is 5. The number of carbonyl (C=O) groups excluding carboxylic acids is 1. The maximum atomic E-state index is 12.2. The molecule has 1 amide bonds. The van der Waals surface area contributed by atoms with Crippen LogP contribution in [0, 0.1) is 0 Å². The number of benzene rings is 1. The van der Waals surface area contributed by atoms with Crippen molar-refractivity contribution in [1.82, 2.24) is 10.0 Å². The van der Waals surface area contributed by atoms with Crippen LogP contribution in [0.5, 0.6) is 5.75 Å². The molecule has 7 heteroatoms. The molecule has 6 nitrogen and oxygen atoms in total. The Kier molecular flexibility index (Phi) is 5.36. The van der Waals surface area contributed by atoms with Crippen LogP contribution in [0.4, 0.5) is 0 Å². The summed E-state index contributed by atoms with van der Waals surface area (Å²) in [6.45, 7) is 6.99. The van der Waals surface area contributed by atoms with Crippen LogP contribution in [0.3, 0.4) is 0 Å². The van der Waals surface area contributed by atoms with E-state index in [1.165, 1.54) is 26.2 Å². The van der Waals surface area contributed by atoms with Gasteiger partial charge in [-0.1, -0.05) is 0 Å². The number of carbonyl (C=O) groups is 1. The molecule has 0 aliphatic heterocycles. The van der Waals surface area contributed by atoms with E-state index in [0.29, 0.717) is 5.75 Å². The second-order valence-corrected chi connectivity index (χ2v) is 7.47. The first-order valence-corrected chi connectivity index (χ1v) is 8.02. The Morgan fingerprint density at radius 2 is 1.71 bits per heavy atom. The minimum atomic E-state index is -3.75. The first-order chi connectivity index (χ1) is 9.55. The molecule has 1 unspecified atom stereocenters. The van der Waals surface area contributed by atoms with E-state index in [1.807, 2.05) is 20.8 Å². The van der Waals surface area contributed by atoms with Gasteiger partial charge in [-0.2, -0.15) is 4.72 Å². The molecule has 1 aromatic carbocycles. The number of ether oxygens (including phenoxy) is 1. The van der Waals surface area contributed by atoms with Gasteiger partial charge >= 0.3 is 0 Å². The van der Waals surface area contributed by atoms with E-state index >= 15 is 0 Å². The second-order valence-electron chi connectivity index (χ2n) is 5.76. The minimum Gasteiger partial charge on any atom is -0.497 e. The summed E-state index contributed by atoms with van der Waals surface area (Å²) in [6.07, 6.45) is 0. The van der Waals surface area contributed by atoms with Crippen molar-refractivity contribution in [2.45, 2.75) is 44.2 Å². The monoisotopic (exact) mass is 314 g/mol. The average Bonchev–Trinajstić information content (AvgIpc) is 2.36. The van der Waals surface area contributed by atoms with E-state index in [2.05, 4.69) is 10.0 Å². The lowest BCUT2D eigenvalue weighted by molar-refractivity contribution is -0.123. The van der Waals surface area contributed by atoms with Gasteiger partial charge in [0.05, 0.1) is 18.0 Å². The molecule has 0 saturated carbocycles. The molecule has 0 aliphatic rings. The van der Waals surface area contributed by atoms with Crippen molar-refractivity contribution in [1.29, 1.82) is 0 Å². The third-order valence-electron chi connectivity index (χ3n) is 2.59. The van der Waals surface area contributed by atoms with E-state index in [4.69, 9.17) is 4.74 Å². The fraction of sp³-hybridized carbons (Fsp3) is 0.500. The quantitative estimate of drug-likeness (QED) is 0.857. The first-order valence-electron chi connectivity index (χ1n) is 6.53. The summed E-state index contributed by atoms with van der Waals surface area (Å²) in [5.41, 5.74) is -0.420. The molecule has 0 aromatic heterocycles. The highest BCUT2D eigenvalue weighted by Gasteiger charge is 2.24. The molecule has 0 bridgehead atoms. The van der Waals surface area contributed by atoms with Crippen LogP contribution in [0.15, 0.2) is 29.2 Å². The molecule has 0 saturated heterocycles. The Hall–Kier alpha value is -1.60. The summed E-state index contributed by atoms with van der Waals surface area (Å²) in [6, 6.07) is 5.09. The van der Waals surface area contributed by atoms with E-state index in [9.17, 15) is 13.2 Å². The van der Waals surface area contributed by atoms with Crippen LogP contribution in [0.2, 0.25) is 0 Å². The topological polar surface area (TPSA) is 84.5 Å². The molecule has 2 N–H and O–H groups in total. The number of methoxy groups -OCH3 is 1. The fourth-order valence-corrected chi connectivity index (χ4v) is 2.79. The van der Waals surface area contributed by atoms with Gasteiger partial charge in [0.25, 0.3) is 0 Å².